The maximum Gasteiger partial charge on any atom is 0.150 e. The van der Waals surface area contributed by atoms with Crippen molar-refractivity contribution < 1.29 is 4.79 Å². The van der Waals surface area contributed by atoms with Gasteiger partial charge in [0.25, 0.3) is 0 Å². The van der Waals surface area contributed by atoms with E-state index in [9.17, 15) is 4.79 Å². The van der Waals surface area contributed by atoms with Crippen LogP contribution in [0.5, 0.6) is 0 Å². The molecule has 2 aromatic rings. The number of hydrogen-bond donors (Lipinski definition) is 1. The van der Waals surface area contributed by atoms with Crippen molar-refractivity contribution in [2.75, 3.05) is 5.73 Å². The Kier molecular flexibility index (Phi) is 2.44. The highest BCUT2D eigenvalue weighted by molar-refractivity contribution is 7.22. The summed E-state index contributed by atoms with van der Waals surface area (Å²) >= 11 is 7.26. The number of anilines is 1. The van der Waals surface area contributed by atoms with Gasteiger partial charge >= 0.3 is 0 Å². The Morgan fingerprint density at radius 1 is 1.43 bits per heavy atom. The minimum Gasteiger partial charge on any atom is -0.391 e. The summed E-state index contributed by atoms with van der Waals surface area (Å²) in [6.45, 7) is 0. The standard InChI is InChI=1S/C10H8ClNOS/c11-4-7-1-6(5-13)2-9-8(7)3-10(12)14-9/h1-3,5H,4,12H2. The number of rotatable bonds is 2. The molecule has 0 saturated carbocycles. The quantitative estimate of drug-likeness (QED) is 0.631. The Morgan fingerprint density at radius 3 is 2.86 bits per heavy atom. The number of thiophene rings is 1. The third kappa shape index (κ3) is 1.49. The number of hydrogen-bond acceptors (Lipinski definition) is 3. The van der Waals surface area contributed by atoms with Crippen molar-refractivity contribution in [3.8, 4) is 0 Å². The molecule has 0 atom stereocenters. The second-order valence-electron chi connectivity index (χ2n) is 2.99. The third-order valence-electron chi connectivity index (χ3n) is 2.04. The summed E-state index contributed by atoms with van der Waals surface area (Å²) < 4.78 is 1.02. The van der Waals surface area contributed by atoms with E-state index in [0.29, 0.717) is 11.4 Å². The summed E-state index contributed by atoms with van der Waals surface area (Å²) in [7, 11) is 0. The van der Waals surface area contributed by atoms with Gasteiger partial charge in [0, 0.05) is 16.1 Å². The monoisotopic (exact) mass is 225 g/mol. The Labute approximate surface area is 90.3 Å². The van der Waals surface area contributed by atoms with Gasteiger partial charge in [0.15, 0.2) is 0 Å². The van der Waals surface area contributed by atoms with Gasteiger partial charge in [0.2, 0.25) is 0 Å². The number of nitrogens with two attached hydrogens (primary N) is 1. The van der Waals surface area contributed by atoms with Gasteiger partial charge in [-0.05, 0) is 29.1 Å². The molecule has 2 nitrogen and oxygen atoms in total. The molecule has 1 heterocycles. The third-order valence-corrected chi connectivity index (χ3v) is 3.24. The first-order valence-corrected chi connectivity index (χ1v) is 5.43. The van der Waals surface area contributed by atoms with E-state index in [1.54, 1.807) is 6.07 Å². The van der Waals surface area contributed by atoms with Gasteiger partial charge in [-0.25, -0.2) is 0 Å². The van der Waals surface area contributed by atoms with Crippen LogP contribution < -0.4 is 5.73 Å². The lowest BCUT2D eigenvalue weighted by Crippen LogP contribution is -1.84. The van der Waals surface area contributed by atoms with E-state index < -0.39 is 0 Å². The van der Waals surface area contributed by atoms with Crippen molar-refractivity contribution in [2.24, 2.45) is 0 Å². The van der Waals surface area contributed by atoms with E-state index in [-0.39, 0.29) is 0 Å². The van der Waals surface area contributed by atoms with Gasteiger partial charge in [0.05, 0.1) is 5.00 Å². The number of alkyl halides is 1. The van der Waals surface area contributed by atoms with E-state index in [1.807, 2.05) is 12.1 Å². The highest BCUT2D eigenvalue weighted by Gasteiger charge is 2.06. The molecule has 0 radical (unpaired) electrons. The second-order valence-corrected chi connectivity index (χ2v) is 4.37. The van der Waals surface area contributed by atoms with Crippen LogP contribution in [0.1, 0.15) is 15.9 Å². The van der Waals surface area contributed by atoms with E-state index in [2.05, 4.69) is 0 Å². The second kappa shape index (κ2) is 3.59. The SMILES string of the molecule is Nc1cc2c(CCl)cc(C=O)cc2s1. The zero-order chi connectivity index (χ0) is 10.1. The van der Waals surface area contributed by atoms with Crippen LogP contribution in [0.15, 0.2) is 18.2 Å². The molecule has 4 heteroatoms. The van der Waals surface area contributed by atoms with Crippen LogP contribution in [-0.2, 0) is 5.88 Å². The van der Waals surface area contributed by atoms with Crippen LogP contribution in [0.3, 0.4) is 0 Å². The molecule has 0 spiro atoms. The molecule has 0 fully saturated rings. The predicted molar refractivity (Wildman–Crippen MR) is 61.2 cm³/mol. The first-order valence-electron chi connectivity index (χ1n) is 4.07. The smallest absolute Gasteiger partial charge is 0.150 e. The summed E-state index contributed by atoms with van der Waals surface area (Å²) in [4.78, 5) is 10.7. The number of aldehydes is 1. The minimum absolute atomic E-state index is 0.397. The Hall–Kier alpha value is -1.06. The zero-order valence-electron chi connectivity index (χ0n) is 7.29. The first-order chi connectivity index (χ1) is 6.74. The van der Waals surface area contributed by atoms with Crippen molar-refractivity contribution in [3.63, 3.8) is 0 Å². The topological polar surface area (TPSA) is 43.1 Å². The summed E-state index contributed by atoms with van der Waals surface area (Å²) in [5.41, 5.74) is 7.30. The molecule has 2 rings (SSSR count). The maximum atomic E-state index is 10.7. The Bertz CT molecular complexity index is 492. The number of nitrogen functional groups attached to an aromatic ring is 1. The number of halogens is 1. The van der Waals surface area contributed by atoms with Crippen molar-refractivity contribution in [3.05, 3.63) is 29.3 Å². The Balaban J connectivity index is 2.78. The summed E-state index contributed by atoms with van der Waals surface area (Å²) in [5, 5.41) is 1.79. The lowest BCUT2D eigenvalue weighted by Gasteiger charge is -1.99. The molecular formula is C10H8ClNOS. The summed E-state index contributed by atoms with van der Waals surface area (Å²) in [6, 6.07) is 5.53. The van der Waals surface area contributed by atoms with Crippen LogP contribution in [0.4, 0.5) is 5.00 Å². The molecule has 1 aromatic carbocycles. The number of carbonyl (C=O) groups excluding carboxylic acids is 1. The summed E-state index contributed by atoms with van der Waals surface area (Å²) in [5.74, 6) is 0.397. The zero-order valence-corrected chi connectivity index (χ0v) is 8.86. The molecule has 0 aliphatic carbocycles. The highest BCUT2D eigenvalue weighted by atomic mass is 35.5. The van der Waals surface area contributed by atoms with Crippen LogP contribution >= 0.6 is 22.9 Å². The van der Waals surface area contributed by atoms with Crippen molar-refractivity contribution in [1.29, 1.82) is 0 Å². The lowest BCUT2D eigenvalue weighted by molar-refractivity contribution is 0.112. The molecule has 0 amide bonds. The fraction of sp³-hybridized carbons (Fsp3) is 0.100. The average molecular weight is 226 g/mol. The molecule has 0 bridgehead atoms. The molecular weight excluding hydrogens is 218 g/mol. The number of carbonyl (C=O) groups is 1. The average Bonchev–Trinajstić information content (AvgIpc) is 2.56. The van der Waals surface area contributed by atoms with Crippen LogP contribution in [0, 0.1) is 0 Å². The van der Waals surface area contributed by atoms with Gasteiger partial charge in [-0.3, -0.25) is 4.79 Å². The molecule has 14 heavy (non-hydrogen) atoms. The summed E-state index contributed by atoms with van der Waals surface area (Å²) in [6.07, 6.45) is 0.825. The van der Waals surface area contributed by atoms with Crippen molar-refractivity contribution in [2.45, 2.75) is 5.88 Å². The fourth-order valence-corrected chi connectivity index (χ4v) is 2.58. The van der Waals surface area contributed by atoms with Crippen LogP contribution in [-0.4, -0.2) is 6.29 Å². The van der Waals surface area contributed by atoms with Gasteiger partial charge < -0.3 is 5.73 Å². The molecule has 0 aliphatic heterocycles. The van der Waals surface area contributed by atoms with E-state index in [0.717, 1.165) is 26.9 Å². The molecule has 0 saturated heterocycles. The molecule has 2 N–H and O–H groups in total. The van der Waals surface area contributed by atoms with Gasteiger partial charge in [-0.15, -0.1) is 22.9 Å². The molecule has 72 valence electrons. The lowest BCUT2D eigenvalue weighted by atomic mass is 10.1. The van der Waals surface area contributed by atoms with Crippen molar-refractivity contribution >= 4 is 44.3 Å². The molecule has 1 aromatic heterocycles. The number of benzene rings is 1. The van der Waals surface area contributed by atoms with E-state index in [4.69, 9.17) is 17.3 Å². The van der Waals surface area contributed by atoms with Crippen LogP contribution in [0.25, 0.3) is 10.1 Å². The van der Waals surface area contributed by atoms with E-state index in [1.165, 1.54) is 11.3 Å². The predicted octanol–water partition coefficient (Wildman–Crippen LogP) is 3.03. The van der Waals surface area contributed by atoms with Gasteiger partial charge in [-0.2, -0.15) is 0 Å². The largest absolute Gasteiger partial charge is 0.391 e. The van der Waals surface area contributed by atoms with Crippen LogP contribution in [0.2, 0.25) is 0 Å². The van der Waals surface area contributed by atoms with E-state index >= 15 is 0 Å². The highest BCUT2D eigenvalue weighted by Crippen LogP contribution is 2.31. The maximum absolute atomic E-state index is 10.7. The first kappa shape index (κ1) is 9.49. The number of fused-ring (bicyclic) bond motifs is 1. The normalized spacial score (nSPS) is 10.6. The van der Waals surface area contributed by atoms with Crippen molar-refractivity contribution in [1.82, 2.24) is 0 Å². The van der Waals surface area contributed by atoms with Gasteiger partial charge in [0.1, 0.15) is 6.29 Å². The fourth-order valence-electron chi connectivity index (χ4n) is 1.43. The Morgan fingerprint density at radius 2 is 2.21 bits per heavy atom. The van der Waals surface area contributed by atoms with Gasteiger partial charge in [-0.1, -0.05) is 0 Å². The molecule has 0 aliphatic rings. The molecule has 0 unspecified atom stereocenters. The minimum atomic E-state index is 0.397.